The fourth-order valence-electron chi connectivity index (χ4n) is 1.55. The zero-order chi connectivity index (χ0) is 10.2. The van der Waals surface area contributed by atoms with Crippen LogP contribution in [-0.4, -0.2) is 52.2 Å². The lowest BCUT2D eigenvalue weighted by Crippen LogP contribution is -2.49. The Bertz CT molecular complexity index is 255. The summed E-state index contributed by atoms with van der Waals surface area (Å²) in [4.78, 5) is 22.8. The maximum atomic E-state index is 10.7. The molecule has 1 aliphatic heterocycles. The van der Waals surface area contributed by atoms with Gasteiger partial charge in [0, 0.05) is 13.0 Å². The van der Waals surface area contributed by atoms with E-state index >= 15 is 0 Å². The lowest BCUT2D eigenvalue weighted by Gasteiger charge is -2.16. The summed E-state index contributed by atoms with van der Waals surface area (Å²) in [5.74, 6) is -2.18. The molecule has 13 heavy (non-hydrogen) atoms. The van der Waals surface area contributed by atoms with Gasteiger partial charge in [0.15, 0.2) is 0 Å². The van der Waals surface area contributed by atoms with Gasteiger partial charge in [0.1, 0.15) is 11.6 Å². The van der Waals surface area contributed by atoms with E-state index in [1.807, 2.05) is 0 Å². The Hall–Kier alpha value is -1.14. The van der Waals surface area contributed by atoms with Crippen LogP contribution in [0.1, 0.15) is 6.42 Å². The minimum Gasteiger partial charge on any atom is -0.480 e. The van der Waals surface area contributed by atoms with Crippen molar-refractivity contribution in [3.63, 3.8) is 0 Å². The molecule has 1 fully saturated rings. The van der Waals surface area contributed by atoms with Crippen molar-refractivity contribution in [2.45, 2.75) is 18.0 Å². The molecule has 0 aromatic rings. The summed E-state index contributed by atoms with van der Waals surface area (Å²) >= 11 is 0. The van der Waals surface area contributed by atoms with E-state index in [2.05, 4.69) is 0 Å². The molecule has 6 nitrogen and oxygen atoms in total. The number of rotatable bonds is 2. The van der Waals surface area contributed by atoms with Gasteiger partial charge in [-0.15, -0.1) is 0 Å². The second-order valence-electron chi connectivity index (χ2n) is 3.43. The first-order valence-electron chi connectivity index (χ1n) is 3.82. The number of hydrogen-bond donors (Lipinski definition) is 3. The molecule has 4 N–H and O–H groups in total. The van der Waals surface area contributed by atoms with Gasteiger partial charge >= 0.3 is 11.9 Å². The number of hydrogen-bond acceptors (Lipinski definition) is 4. The topological polar surface area (TPSA) is 104 Å². The summed E-state index contributed by atoms with van der Waals surface area (Å²) in [6.07, 6.45) is -0.0475. The van der Waals surface area contributed by atoms with Crippen molar-refractivity contribution in [1.29, 1.82) is 0 Å². The minimum atomic E-state index is -1.42. The van der Waals surface area contributed by atoms with Crippen molar-refractivity contribution in [3.05, 3.63) is 0 Å². The van der Waals surface area contributed by atoms with Crippen molar-refractivity contribution in [2.24, 2.45) is 5.73 Å². The first kappa shape index (κ1) is 9.94. The lowest BCUT2D eigenvalue weighted by atomic mass is 9.98. The standard InChI is InChI=1S/C7H12N2O4/c1-9-3-7(8,6(12)13)2-4(9)5(10)11/h4H,2-3,8H2,1H3,(H,10,11)(H,12,13)/t4-,7+/m1/s1. The van der Waals surface area contributed by atoms with Crippen molar-refractivity contribution in [3.8, 4) is 0 Å². The van der Waals surface area contributed by atoms with Crippen LogP contribution in [0.15, 0.2) is 0 Å². The Balaban J connectivity index is 2.80. The first-order chi connectivity index (χ1) is 5.87. The lowest BCUT2D eigenvalue weighted by molar-refractivity contribution is -0.142. The van der Waals surface area contributed by atoms with Crippen molar-refractivity contribution < 1.29 is 19.8 Å². The molecule has 0 amide bonds. The van der Waals surface area contributed by atoms with Gasteiger partial charge in [0.25, 0.3) is 0 Å². The molecule has 1 heterocycles. The molecule has 0 spiro atoms. The zero-order valence-corrected chi connectivity index (χ0v) is 7.23. The highest BCUT2D eigenvalue weighted by atomic mass is 16.4. The van der Waals surface area contributed by atoms with Gasteiger partial charge in [-0.1, -0.05) is 0 Å². The molecular weight excluding hydrogens is 176 g/mol. The number of nitrogens with zero attached hydrogens (tertiary/aromatic N) is 1. The number of likely N-dealkylation sites (N-methyl/N-ethyl adjacent to an activating group) is 1. The molecule has 74 valence electrons. The third-order valence-corrected chi connectivity index (χ3v) is 2.33. The summed E-state index contributed by atoms with van der Waals surface area (Å²) in [7, 11) is 1.55. The van der Waals surface area contributed by atoms with Crippen molar-refractivity contribution in [2.75, 3.05) is 13.6 Å². The Morgan fingerprint density at radius 3 is 2.31 bits per heavy atom. The molecule has 0 unspecified atom stereocenters. The van der Waals surface area contributed by atoms with Gasteiger partial charge in [-0.05, 0) is 7.05 Å². The SMILES string of the molecule is CN1C[C@](N)(C(=O)O)C[C@@H]1C(=O)O. The van der Waals surface area contributed by atoms with Gasteiger partial charge in [0.05, 0.1) is 0 Å². The second kappa shape index (κ2) is 2.97. The summed E-state index contributed by atoms with van der Waals surface area (Å²) in [5.41, 5.74) is 4.10. The quantitative estimate of drug-likeness (QED) is 0.490. The summed E-state index contributed by atoms with van der Waals surface area (Å²) < 4.78 is 0. The number of carboxylic acid groups (broad SMARTS) is 2. The smallest absolute Gasteiger partial charge is 0.325 e. The Kier molecular flexibility index (Phi) is 2.27. The van der Waals surface area contributed by atoms with Crippen molar-refractivity contribution in [1.82, 2.24) is 4.90 Å². The van der Waals surface area contributed by atoms with Crippen LogP contribution in [0.25, 0.3) is 0 Å². The zero-order valence-electron chi connectivity index (χ0n) is 7.23. The van der Waals surface area contributed by atoms with Crippen LogP contribution in [0.2, 0.25) is 0 Å². The summed E-state index contributed by atoms with van der Waals surface area (Å²) in [5, 5.41) is 17.5. The van der Waals surface area contributed by atoms with Crippen LogP contribution in [0.3, 0.4) is 0 Å². The maximum Gasteiger partial charge on any atom is 0.325 e. The van der Waals surface area contributed by atoms with Crippen molar-refractivity contribution >= 4 is 11.9 Å². The van der Waals surface area contributed by atoms with Crippen LogP contribution in [-0.2, 0) is 9.59 Å². The van der Waals surface area contributed by atoms with E-state index in [0.29, 0.717) is 0 Å². The van der Waals surface area contributed by atoms with E-state index in [9.17, 15) is 9.59 Å². The molecule has 1 aliphatic rings. The molecule has 2 atom stereocenters. The number of carbonyl (C=O) groups is 2. The molecule has 6 heteroatoms. The van der Waals surface area contributed by atoms with Crippen LogP contribution in [0, 0.1) is 0 Å². The highest BCUT2D eigenvalue weighted by molar-refractivity contribution is 5.83. The van der Waals surface area contributed by atoms with Crippen LogP contribution >= 0.6 is 0 Å². The fraction of sp³-hybridized carbons (Fsp3) is 0.714. The van der Waals surface area contributed by atoms with Gasteiger partial charge in [-0.3, -0.25) is 14.5 Å². The third kappa shape index (κ3) is 1.63. The van der Waals surface area contributed by atoms with Crippen LogP contribution in [0.5, 0.6) is 0 Å². The summed E-state index contributed by atoms with van der Waals surface area (Å²) in [6.45, 7) is 0.0688. The second-order valence-corrected chi connectivity index (χ2v) is 3.43. The Labute approximate surface area is 74.9 Å². The predicted molar refractivity (Wildman–Crippen MR) is 43.2 cm³/mol. The molecule has 0 aromatic carbocycles. The van der Waals surface area contributed by atoms with E-state index in [1.165, 1.54) is 4.90 Å². The van der Waals surface area contributed by atoms with Gasteiger partial charge < -0.3 is 15.9 Å². The molecule has 0 aliphatic carbocycles. The summed E-state index contributed by atoms with van der Waals surface area (Å²) in [6, 6.07) is -0.791. The molecule has 1 saturated heterocycles. The Morgan fingerprint density at radius 2 is 2.08 bits per heavy atom. The van der Waals surface area contributed by atoms with E-state index in [1.54, 1.807) is 7.05 Å². The van der Waals surface area contributed by atoms with E-state index in [-0.39, 0.29) is 13.0 Å². The Morgan fingerprint density at radius 1 is 1.54 bits per heavy atom. The highest BCUT2D eigenvalue weighted by Gasteiger charge is 2.47. The average molecular weight is 188 g/mol. The molecule has 1 rings (SSSR count). The van der Waals surface area contributed by atoms with E-state index < -0.39 is 23.5 Å². The molecule has 0 aromatic heterocycles. The van der Waals surface area contributed by atoms with Gasteiger partial charge in [-0.25, -0.2) is 0 Å². The molecule has 0 bridgehead atoms. The van der Waals surface area contributed by atoms with E-state index in [0.717, 1.165) is 0 Å². The van der Waals surface area contributed by atoms with Gasteiger partial charge in [0.2, 0.25) is 0 Å². The average Bonchev–Trinajstić information content (AvgIpc) is 2.28. The van der Waals surface area contributed by atoms with Gasteiger partial charge in [-0.2, -0.15) is 0 Å². The third-order valence-electron chi connectivity index (χ3n) is 2.33. The number of nitrogens with two attached hydrogens (primary N) is 1. The maximum absolute atomic E-state index is 10.7. The molecule has 0 saturated carbocycles. The monoisotopic (exact) mass is 188 g/mol. The number of aliphatic carboxylic acids is 2. The molecule has 0 radical (unpaired) electrons. The highest BCUT2D eigenvalue weighted by Crippen LogP contribution is 2.23. The molecular formula is C7H12N2O4. The minimum absolute atomic E-state index is 0.0475. The first-order valence-corrected chi connectivity index (χ1v) is 3.82. The predicted octanol–water partition coefficient (Wildman–Crippen LogP) is -1.44. The van der Waals surface area contributed by atoms with Crippen LogP contribution < -0.4 is 5.73 Å². The normalized spacial score (nSPS) is 34.8. The largest absolute Gasteiger partial charge is 0.480 e. The number of carboxylic acids is 2. The fourth-order valence-corrected chi connectivity index (χ4v) is 1.55. The number of likely N-dealkylation sites (tertiary alicyclic amines) is 1. The van der Waals surface area contributed by atoms with E-state index in [4.69, 9.17) is 15.9 Å². The van der Waals surface area contributed by atoms with Crippen LogP contribution in [0.4, 0.5) is 0 Å².